The molecule has 0 radical (unpaired) electrons. The van der Waals surface area contributed by atoms with E-state index in [4.69, 9.17) is 16.0 Å². The van der Waals surface area contributed by atoms with Gasteiger partial charge in [0.15, 0.2) is 0 Å². The summed E-state index contributed by atoms with van der Waals surface area (Å²) in [6.07, 6.45) is 0. The number of rotatable bonds is 6. The Morgan fingerprint density at radius 3 is 2.10 bits per heavy atom. The monoisotopic (exact) mass is 417 g/mol. The summed E-state index contributed by atoms with van der Waals surface area (Å²) in [5.74, 6) is 0.409. The average molecular weight is 418 g/mol. The van der Waals surface area contributed by atoms with Crippen molar-refractivity contribution >= 4 is 23.2 Å². The number of aliphatic hydroxyl groups is 1. The van der Waals surface area contributed by atoms with Gasteiger partial charge in [0.1, 0.15) is 18.1 Å². The first-order valence-corrected chi connectivity index (χ1v) is 9.94. The normalized spacial score (nSPS) is 10.9. The maximum absolute atomic E-state index is 13.3. The predicted octanol–water partition coefficient (Wildman–Crippen LogP) is 5.86. The minimum absolute atomic E-state index is 0.174. The number of anilines is 1. The second-order valence-corrected chi connectivity index (χ2v) is 7.27. The van der Waals surface area contributed by atoms with Crippen molar-refractivity contribution in [2.75, 3.05) is 5.32 Å². The van der Waals surface area contributed by atoms with E-state index >= 15 is 0 Å². The van der Waals surface area contributed by atoms with Crippen LogP contribution in [0.1, 0.15) is 22.8 Å². The number of halogens is 1. The number of carbonyl (C=O) groups excluding carboxylic acids is 1. The third kappa shape index (κ3) is 4.30. The van der Waals surface area contributed by atoms with Crippen LogP contribution in [0.25, 0.3) is 11.3 Å². The van der Waals surface area contributed by atoms with Gasteiger partial charge in [0.25, 0.3) is 0 Å². The Bertz CT molecular complexity index is 1100. The van der Waals surface area contributed by atoms with E-state index in [1.165, 1.54) is 0 Å². The number of hydrogen-bond acceptors (Lipinski definition) is 3. The van der Waals surface area contributed by atoms with Crippen molar-refractivity contribution in [1.82, 2.24) is 0 Å². The van der Waals surface area contributed by atoms with Crippen LogP contribution in [-0.2, 0) is 11.4 Å². The molecule has 0 atom stereocenters. The smallest absolute Gasteiger partial charge is 0.236 e. The van der Waals surface area contributed by atoms with Crippen molar-refractivity contribution in [1.29, 1.82) is 0 Å². The first-order valence-electron chi connectivity index (χ1n) is 9.56. The molecule has 0 aliphatic rings. The molecule has 2 N–H and O–H groups in total. The summed E-state index contributed by atoms with van der Waals surface area (Å²) in [6, 6.07) is 28.1. The molecule has 30 heavy (non-hydrogen) atoms. The molecule has 1 heterocycles. The van der Waals surface area contributed by atoms with Crippen molar-refractivity contribution < 1.29 is 14.3 Å². The Morgan fingerprint density at radius 1 is 0.900 bits per heavy atom. The second kappa shape index (κ2) is 8.99. The van der Waals surface area contributed by atoms with Crippen LogP contribution in [0, 0.1) is 0 Å². The molecule has 4 rings (SSSR count). The van der Waals surface area contributed by atoms with E-state index in [0.717, 1.165) is 16.7 Å². The second-order valence-electron chi connectivity index (χ2n) is 6.86. The van der Waals surface area contributed by atoms with E-state index in [2.05, 4.69) is 5.32 Å². The van der Waals surface area contributed by atoms with Crippen molar-refractivity contribution in [3.63, 3.8) is 0 Å². The van der Waals surface area contributed by atoms with Gasteiger partial charge >= 0.3 is 0 Å². The van der Waals surface area contributed by atoms with Crippen LogP contribution >= 0.6 is 11.6 Å². The quantitative estimate of drug-likeness (QED) is 0.413. The molecule has 0 fully saturated rings. The highest BCUT2D eigenvalue weighted by Gasteiger charge is 2.23. The van der Waals surface area contributed by atoms with Gasteiger partial charge in [-0.05, 0) is 41.5 Å². The topological polar surface area (TPSA) is 62.5 Å². The van der Waals surface area contributed by atoms with Crippen LogP contribution in [0.15, 0.2) is 95.4 Å². The SMILES string of the molecule is O=C(Nc1cc(-c2ccc(CO)o2)ccc1Cl)C(c1ccccc1)c1ccccc1. The van der Waals surface area contributed by atoms with Gasteiger partial charge in [-0.2, -0.15) is 0 Å². The summed E-state index contributed by atoms with van der Waals surface area (Å²) >= 11 is 6.37. The van der Waals surface area contributed by atoms with Crippen LogP contribution in [0.4, 0.5) is 5.69 Å². The van der Waals surface area contributed by atoms with E-state index < -0.39 is 5.92 Å². The van der Waals surface area contributed by atoms with Gasteiger partial charge in [0.05, 0.1) is 16.6 Å². The van der Waals surface area contributed by atoms with Crippen LogP contribution in [-0.4, -0.2) is 11.0 Å². The largest absolute Gasteiger partial charge is 0.459 e. The van der Waals surface area contributed by atoms with E-state index in [1.54, 1.807) is 24.3 Å². The van der Waals surface area contributed by atoms with Crippen LogP contribution in [0.5, 0.6) is 0 Å². The summed E-state index contributed by atoms with van der Waals surface area (Å²) in [6.45, 7) is -0.174. The zero-order valence-corrected chi connectivity index (χ0v) is 16.8. The number of furan rings is 1. The summed E-state index contributed by atoms with van der Waals surface area (Å²) in [7, 11) is 0. The highest BCUT2D eigenvalue weighted by atomic mass is 35.5. The molecular formula is C25H20ClNO3. The molecule has 4 aromatic rings. The standard InChI is InChI=1S/C25H20ClNO3/c26-21-13-11-19(23-14-12-20(16-28)30-23)15-22(21)27-25(29)24(17-7-3-1-4-8-17)18-9-5-2-6-10-18/h1-15,24,28H,16H2,(H,27,29). The molecule has 150 valence electrons. The zero-order chi connectivity index (χ0) is 20.9. The van der Waals surface area contributed by atoms with Crippen molar-refractivity contribution in [2.24, 2.45) is 0 Å². The average Bonchev–Trinajstić information content (AvgIpc) is 3.26. The van der Waals surface area contributed by atoms with Crippen molar-refractivity contribution in [3.8, 4) is 11.3 Å². The highest BCUT2D eigenvalue weighted by molar-refractivity contribution is 6.34. The Kier molecular flexibility index (Phi) is 5.98. The van der Waals surface area contributed by atoms with Gasteiger partial charge in [-0.15, -0.1) is 0 Å². The first kappa shape index (κ1) is 20.0. The first-order chi connectivity index (χ1) is 14.7. The number of benzene rings is 3. The van der Waals surface area contributed by atoms with Gasteiger partial charge in [-0.3, -0.25) is 4.79 Å². The van der Waals surface area contributed by atoms with E-state index in [0.29, 0.717) is 22.2 Å². The summed E-state index contributed by atoms with van der Waals surface area (Å²) < 4.78 is 5.60. The van der Waals surface area contributed by atoms with E-state index in [-0.39, 0.29) is 12.5 Å². The molecule has 5 heteroatoms. The maximum atomic E-state index is 13.3. The Morgan fingerprint density at radius 2 is 1.53 bits per heavy atom. The maximum Gasteiger partial charge on any atom is 0.236 e. The lowest BCUT2D eigenvalue weighted by Gasteiger charge is -2.18. The Labute approximate surface area is 179 Å². The van der Waals surface area contributed by atoms with Gasteiger partial charge in [0, 0.05) is 5.56 Å². The molecule has 4 nitrogen and oxygen atoms in total. The minimum atomic E-state index is -0.475. The van der Waals surface area contributed by atoms with Gasteiger partial charge in [-0.1, -0.05) is 72.3 Å². The summed E-state index contributed by atoms with van der Waals surface area (Å²) in [5, 5.41) is 12.6. The van der Waals surface area contributed by atoms with Crippen LogP contribution in [0.2, 0.25) is 5.02 Å². The number of hydrogen-bond donors (Lipinski definition) is 2. The predicted molar refractivity (Wildman–Crippen MR) is 118 cm³/mol. The van der Waals surface area contributed by atoms with E-state index in [9.17, 15) is 9.90 Å². The lowest BCUT2D eigenvalue weighted by Crippen LogP contribution is -2.22. The molecule has 0 bridgehead atoms. The lowest BCUT2D eigenvalue weighted by molar-refractivity contribution is -0.116. The van der Waals surface area contributed by atoms with Crippen molar-refractivity contribution in [2.45, 2.75) is 12.5 Å². The number of carbonyl (C=O) groups is 1. The molecule has 0 unspecified atom stereocenters. The summed E-state index contributed by atoms with van der Waals surface area (Å²) in [5.41, 5.74) is 3.04. The van der Waals surface area contributed by atoms with Crippen molar-refractivity contribution in [3.05, 3.63) is 113 Å². The third-order valence-electron chi connectivity index (χ3n) is 4.85. The lowest BCUT2D eigenvalue weighted by atomic mass is 9.90. The molecular weight excluding hydrogens is 398 g/mol. The van der Waals surface area contributed by atoms with Gasteiger partial charge < -0.3 is 14.8 Å². The van der Waals surface area contributed by atoms with Crippen LogP contribution in [0.3, 0.4) is 0 Å². The number of nitrogens with one attached hydrogen (secondary N) is 1. The minimum Gasteiger partial charge on any atom is -0.459 e. The zero-order valence-electron chi connectivity index (χ0n) is 16.1. The molecule has 1 aromatic heterocycles. The van der Waals surface area contributed by atoms with Gasteiger partial charge in [-0.25, -0.2) is 0 Å². The van der Waals surface area contributed by atoms with Gasteiger partial charge in [0.2, 0.25) is 5.91 Å². The molecule has 0 spiro atoms. The highest BCUT2D eigenvalue weighted by Crippen LogP contribution is 2.32. The Hall–Kier alpha value is -3.34. The fourth-order valence-corrected chi connectivity index (χ4v) is 3.55. The molecule has 0 saturated carbocycles. The fraction of sp³-hybridized carbons (Fsp3) is 0.0800. The fourth-order valence-electron chi connectivity index (χ4n) is 3.38. The van der Waals surface area contributed by atoms with E-state index in [1.807, 2.05) is 66.7 Å². The molecule has 3 aromatic carbocycles. The molecule has 0 aliphatic heterocycles. The van der Waals surface area contributed by atoms with Crippen LogP contribution < -0.4 is 5.32 Å². The molecule has 0 aliphatic carbocycles. The molecule has 0 saturated heterocycles. The summed E-state index contributed by atoms with van der Waals surface area (Å²) in [4.78, 5) is 13.3. The number of aliphatic hydroxyl groups excluding tert-OH is 1. The Balaban J connectivity index is 1.66. The molecule has 1 amide bonds. The number of amides is 1. The third-order valence-corrected chi connectivity index (χ3v) is 5.18.